The molecule has 3 heterocycles. The molecule has 0 unspecified atom stereocenters. The first-order valence-corrected chi connectivity index (χ1v) is 7.85. The predicted molar refractivity (Wildman–Crippen MR) is 83.1 cm³/mol. The highest BCUT2D eigenvalue weighted by Crippen LogP contribution is 2.29. The Labute approximate surface area is 132 Å². The molecule has 1 aliphatic heterocycles. The molecule has 0 aliphatic carbocycles. The predicted octanol–water partition coefficient (Wildman–Crippen LogP) is 2.12. The van der Waals surface area contributed by atoms with Crippen molar-refractivity contribution >= 4 is 11.1 Å². The van der Waals surface area contributed by atoms with E-state index in [4.69, 9.17) is 8.94 Å². The molecule has 0 radical (unpaired) electrons. The molecule has 7 nitrogen and oxygen atoms in total. The lowest BCUT2D eigenvalue weighted by Gasteiger charge is -2.21. The summed E-state index contributed by atoms with van der Waals surface area (Å²) in [6.45, 7) is 4.11. The van der Waals surface area contributed by atoms with Crippen molar-refractivity contribution in [1.82, 2.24) is 19.6 Å². The number of hydrogen-bond donors (Lipinski definition) is 0. The summed E-state index contributed by atoms with van der Waals surface area (Å²) in [4.78, 5) is 18.7. The molecule has 0 spiro atoms. The largest absolute Gasteiger partial charge is 0.419 e. The van der Waals surface area contributed by atoms with Gasteiger partial charge in [-0.2, -0.15) is 4.98 Å². The van der Waals surface area contributed by atoms with Crippen LogP contribution in [0.1, 0.15) is 30.6 Å². The summed E-state index contributed by atoms with van der Waals surface area (Å²) in [5.41, 5.74) is 1.47. The number of oxazole rings is 1. The molecule has 120 valence electrons. The average Bonchev–Trinajstić information content (AvgIpc) is 3.23. The monoisotopic (exact) mass is 314 g/mol. The highest BCUT2D eigenvalue weighted by molar-refractivity contribution is 5.72. The second-order valence-corrected chi connectivity index (χ2v) is 5.85. The van der Waals surface area contributed by atoms with Crippen molar-refractivity contribution in [2.75, 3.05) is 13.1 Å². The average molecular weight is 314 g/mol. The van der Waals surface area contributed by atoms with E-state index in [0.29, 0.717) is 18.0 Å². The number of fused-ring (bicyclic) bond motifs is 1. The van der Waals surface area contributed by atoms with E-state index in [9.17, 15) is 4.79 Å². The van der Waals surface area contributed by atoms with E-state index in [2.05, 4.69) is 15.0 Å². The fourth-order valence-electron chi connectivity index (χ4n) is 3.29. The molecule has 1 aliphatic rings. The van der Waals surface area contributed by atoms with Gasteiger partial charge in [-0.05, 0) is 31.5 Å². The topological polar surface area (TPSA) is 77.3 Å². The first kappa shape index (κ1) is 14.2. The number of rotatable bonds is 4. The molecular formula is C16H18N4O3. The van der Waals surface area contributed by atoms with E-state index >= 15 is 0 Å². The molecule has 0 N–H and O–H groups in total. The normalized spacial score (nSPS) is 18.9. The van der Waals surface area contributed by atoms with Gasteiger partial charge in [0.05, 0.1) is 11.6 Å². The third-order valence-corrected chi connectivity index (χ3v) is 4.39. The van der Waals surface area contributed by atoms with Crippen LogP contribution in [0.3, 0.4) is 0 Å². The molecule has 7 heteroatoms. The van der Waals surface area contributed by atoms with Crippen LogP contribution in [0.4, 0.5) is 0 Å². The van der Waals surface area contributed by atoms with Gasteiger partial charge in [0.15, 0.2) is 11.4 Å². The zero-order valence-electron chi connectivity index (χ0n) is 12.9. The van der Waals surface area contributed by atoms with Gasteiger partial charge >= 0.3 is 5.76 Å². The Morgan fingerprint density at radius 3 is 3.00 bits per heavy atom. The molecule has 1 saturated heterocycles. The lowest BCUT2D eigenvalue weighted by Crippen LogP contribution is -2.30. The molecular weight excluding hydrogens is 296 g/mol. The second-order valence-electron chi connectivity index (χ2n) is 5.85. The minimum absolute atomic E-state index is 0.168. The third kappa shape index (κ3) is 2.57. The van der Waals surface area contributed by atoms with Crippen molar-refractivity contribution in [3.05, 3.63) is 46.5 Å². The minimum Gasteiger partial charge on any atom is -0.408 e. The number of likely N-dealkylation sites (tertiary alicyclic amines) is 1. The molecule has 1 fully saturated rings. The Bertz CT molecular complexity index is 879. The van der Waals surface area contributed by atoms with Crippen molar-refractivity contribution in [2.24, 2.45) is 0 Å². The quantitative estimate of drug-likeness (QED) is 0.734. The Hall–Kier alpha value is -2.41. The maximum atomic E-state index is 12.0. The smallest absolute Gasteiger partial charge is 0.408 e. The van der Waals surface area contributed by atoms with Crippen LogP contribution < -0.4 is 5.76 Å². The van der Waals surface area contributed by atoms with Gasteiger partial charge < -0.3 is 8.94 Å². The Kier molecular flexibility index (Phi) is 3.49. The number of aryl methyl sites for hydroxylation is 1. The van der Waals surface area contributed by atoms with E-state index < -0.39 is 0 Å². The zero-order chi connectivity index (χ0) is 15.8. The van der Waals surface area contributed by atoms with E-state index in [1.54, 1.807) is 11.5 Å². The number of hydrogen-bond acceptors (Lipinski definition) is 6. The highest BCUT2D eigenvalue weighted by Gasteiger charge is 2.29. The van der Waals surface area contributed by atoms with Crippen molar-refractivity contribution < 1.29 is 8.94 Å². The fraction of sp³-hybridized carbons (Fsp3) is 0.438. The van der Waals surface area contributed by atoms with Crippen LogP contribution in [0.5, 0.6) is 0 Å². The van der Waals surface area contributed by atoms with E-state index in [1.165, 1.54) is 0 Å². The molecule has 1 atom stereocenters. The molecule has 0 amide bonds. The van der Waals surface area contributed by atoms with Gasteiger partial charge in [0, 0.05) is 20.0 Å². The van der Waals surface area contributed by atoms with Gasteiger partial charge in [0.2, 0.25) is 5.89 Å². The van der Waals surface area contributed by atoms with Gasteiger partial charge in [0.25, 0.3) is 0 Å². The first-order valence-electron chi connectivity index (χ1n) is 7.85. The summed E-state index contributed by atoms with van der Waals surface area (Å²) in [5.74, 6) is 1.02. The summed E-state index contributed by atoms with van der Waals surface area (Å²) in [6.07, 6.45) is 2.11. The lowest BCUT2D eigenvalue weighted by atomic mass is 10.2. The maximum Gasteiger partial charge on any atom is 0.419 e. The van der Waals surface area contributed by atoms with Crippen LogP contribution >= 0.6 is 0 Å². The number of aromatic nitrogens is 3. The summed E-state index contributed by atoms with van der Waals surface area (Å²) >= 11 is 0. The first-order chi connectivity index (χ1) is 11.2. The fourth-order valence-corrected chi connectivity index (χ4v) is 3.29. The Morgan fingerprint density at radius 2 is 2.17 bits per heavy atom. The van der Waals surface area contributed by atoms with Crippen LogP contribution in [-0.4, -0.2) is 32.7 Å². The van der Waals surface area contributed by atoms with Crippen molar-refractivity contribution in [1.29, 1.82) is 0 Å². The standard InChI is InChI=1S/C16H18N4O3/c1-11-17-15(18-23-11)13-6-4-8-19(13)9-10-20-12-5-2-3-7-14(12)22-16(20)21/h2-3,5,7,13H,4,6,8-10H2,1H3/t13-/m1/s1. The van der Waals surface area contributed by atoms with Crippen molar-refractivity contribution in [3.63, 3.8) is 0 Å². The molecule has 2 aromatic heterocycles. The molecule has 0 saturated carbocycles. The number of benzene rings is 1. The van der Waals surface area contributed by atoms with Gasteiger partial charge in [-0.15, -0.1) is 0 Å². The maximum absolute atomic E-state index is 12.0. The van der Waals surface area contributed by atoms with Crippen molar-refractivity contribution in [2.45, 2.75) is 32.4 Å². The minimum atomic E-state index is -0.308. The molecule has 0 bridgehead atoms. The summed E-state index contributed by atoms with van der Waals surface area (Å²) in [6, 6.07) is 7.67. The van der Waals surface area contributed by atoms with E-state index in [-0.39, 0.29) is 11.8 Å². The SMILES string of the molecule is Cc1nc([C@H]2CCCN2CCn2c(=O)oc3ccccc32)no1. The summed E-state index contributed by atoms with van der Waals surface area (Å²) < 4.78 is 12.1. The second kappa shape index (κ2) is 5.66. The molecule has 3 aromatic rings. The summed E-state index contributed by atoms with van der Waals surface area (Å²) in [5, 5.41) is 4.05. The van der Waals surface area contributed by atoms with Crippen LogP contribution in [-0.2, 0) is 6.54 Å². The molecule has 4 rings (SSSR count). The van der Waals surface area contributed by atoms with E-state index in [1.807, 2.05) is 24.3 Å². The third-order valence-electron chi connectivity index (χ3n) is 4.39. The van der Waals surface area contributed by atoms with Gasteiger partial charge in [-0.3, -0.25) is 9.47 Å². The zero-order valence-corrected chi connectivity index (χ0v) is 12.9. The van der Waals surface area contributed by atoms with Gasteiger partial charge in [-0.1, -0.05) is 17.3 Å². The molecule has 23 heavy (non-hydrogen) atoms. The van der Waals surface area contributed by atoms with E-state index in [0.717, 1.165) is 37.3 Å². The molecule has 1 aromatic carbocycles. The van der Waals surface area contributed by atoms with Crippen LogP contribution in [0.2, 0.25) is 0 Å². The van der Waals surface area contributed by atoms with Gasteiger partial charge in [0.1, 0.15) is 0 Å². The van der Waals surface area contributed by atoms with Crippen LogP contribution in [0.25, 0.3) is 11.1 Å². The van der Waals surface area contributed by atoms with Gasteiger partial charge in [-0.25, -0.2) is 4.79 Å². The Balaban J connectivity index is 1.53. The highest BCUT2D eigenvalue weighted by atomic mass is 16.5. The van der Waals surface area contributed by atoms with Crippen molar-refractivity contribution in [3.8, 4) is 0 Å². The Morgan fingerprint density at radius 1 is 1.30 bits per heavy atom. The van der Waals surface area contributed by atoms with Crippen LogP contribution in [0, 0.1) is 6.92 Å². The summed E-state index contributed by atoms with van der Waals surface area (Å²) in [7, 11) is 0. The van der Waals surface area contributed by atoms with Crippen LogP contribution in [0.15, 0.2) is 38.0 Å². The number of para-hydroxylation sites is 2. The number of nitrogens with zero attached hydrogens (tertiary/aromatic N) is 4. The lowest BCUT2D eigenvalue weighted by molar-refractivity contribution is 0.232.